The van der Waals surface area contributed by atoms with Crippen molar-refractivity contribution in [1.82, 2.24) is 4.72 Å². The monoisotopic (exact) mass is 433 g/mol. The molecule has 0 spiro atoms. The molecule has 0 saturated carbocycles. The average molecular weight is 434 g/mol. The first-order chi connectivity index (χ1) is 13.9. The topological polar surface area (TPSA) is 105 Å². The van der Waals surface area contributed by atoms with E-state index >= 15 is 0 Å². The van der Waals surface area contributed by atoms with E-state index in [1.807, 2.05) is 31.1 Å². The summed E-state index contributed by atoms with van der Waals surface area (Å²) in [5.41, 5.74) is 1.20. The van der Waals surface area contributed by atoms with Crippen molar-refractivity contribution in [3.63, 3.8) is 0 Å². The molecule has 0 heterocycles. The van der Waals surface area contributed by atoms with Crippen molar-refractivity contribution in [2.75, 3.05) is 30.9 Å². The van der Waals surface area contributed by atoms with Crippen molar-refractivity contribution in [2.45, 2.75) is 31.3 Å². The third kappa shape index (κ3) is 6.85. The molecule has 2 N–H and O–H groups in total. The van der Waals surface area contributed by atoms with Gasteiger partial charge in [-0.2, -0.15) is 4.72 Å². The highest BCUT2D eigenvalue weighted by atomic mass is 32.2. The number of ether oxygens (including phenoxy) is 1. The van der Waals surface area contributed by atoms with Gasteiger partial charge in [-0.3, -0.25) is 9.59 Å². The van der Waals surface area contributed by atoms with Crippen LogP contribution in [0.2, 0.25) is 0 Å². The largest absolute Gasteiger partial charge is 0.459 e. The Kier molecular flexibility index (Phi) is 7.22. The van der Waals surface area contributed by atoms with Crippen LogP contribution >= 0.6 is 0 Å². The lowest BCUT2D eigenvalue weighted by Gasteiger charge is -2.19. The van der Waals surface area contributed by atoms with Gasteiger partial charge in [0.1, 0.15) is 12.1 Å². The smallest absolute Gasteiger partial charge is 0.321 e. The Morgan fingerprint density at radius 2 is 1.53 bits per heavy atom. The van der Waals surface area contributed by atoms with Crippen molar-refractivity contribution >= 4 is 33.3 Å². The molecule has 0 aromatic heterocycles. The van der Waals surface area contributed by atoms with Crippen molar-refractivity contribution in [3.05, 3.63) is 54.1 Å². The Labute approximate surface area is 177 Å². The van der Waals surface area contributed by atoms with Gasteiger partial charge in [0, 0.05) is 31.0 Å². The zero-order valence-electron chi connectivity index (χ0n) is 17.7. The molecule has 2 rings (SSSR count). The Hall–Kier alpha value is -2.91. The zero-order chi connectivity index (χ0) is 22.5. The zero-order valence-corrected chi connectivity index (χ0v) is 18.5. The van der Waals surface area contributed by atoms with Crippen molar-refractivity contribution in [2.24, 2.45) is 0 Å². The van der Waals surface area contributed by atoms with Crippen LogP contribution in [-0.2, 0) is 19.6 Å². The Balaban J connectivity index is 1.99. The molecule has 2 aromatic rings. The van der Waals surface area contributed by atoms with Crippen LogP contribution in [0.3, 0.4) is 0 Å². The fourth-order valence-corrected chi connectivity index (χ4v) is 3.42. The summed E-state index contributed by atoms with van der Waals surface area (Å²) in [6.45, 7) is 4.62. The van der Waals surface area contributed by atoms with E-state index in [9.17, 15) is 18.0 Å². The number of benzene rings is 2. The minimum absolute atomic E-state index is 0.0283. The molecule has 2 aromatic carbocycles. The third-order valence-corrected chi connectivity index (χ3v) is 5.31. The van der Waals surface area contributed by atoms with Gasteiger partial charge in [0.2, 0.25) is 10.0 Å². The van der Waals surface area contributed by atoms with E-state index in [4.69, 9.17) is 4.74 Å². The van der Waals surface area contributed by atoms with Crippen molar-refractivity contribution in [3.8, 4) is 0 Å². The van der Waals surface area contributed by atoms with Crippen LogP contribution < -0.4 is 14.9 Å². The highest BCUT2D eigenvalue weighted by Gasteiger charge is 2.20. The summed E-state index contributed by atoms with van der Waals surface area (Å²) in [6.07, 6.45) is 0. The van der Waals surface area contributed by atoms with E-state index in [-0.39, 0.29) is 10.8 Å². The van der Waals surface area contributed by atoms with Gasteiger partial charge in [0.05, 0.1) is 4.90 Å². The minimum atomic E-state index is -3.89. The number of nitrogens with one attached hydrogen (secondary N) is 2. The highest BCUT2D eigenvalue weighted by molar-refractivity contribution is 7.89. The van der Waals surface area contributed by atoms with E-state index in [0.29, 0.717) is 11.3 Å². The number of rotatable bonds is 7. The van der Waals surface area contributed by atoms with Gasteiger partial charge in [-0.25, -0.2) is 8.42 Å². The normalized spacial score (nSPS) is 11.6. The van der Waals surface area contributed by atoms with E-state index in [2.05, 4.69) is 10.0 Å². The second-order valence-corrected chi connectivity index (χ2v) is 9.60. The lowest BCUT2D eigenvalue weighted by molar-refractivity contribution is -0.153. The van der Waals surface area contributed by atoms with Crippen LogP contribution in [0.5, 0.6) is 0 Å². The second kappa shape index (κ2) is 9.27. The number of sulfonamides is 1. The standard InChI is InChI=1S/C21H27N3O5S/c1-21(2,3)29-19(25)14-22-30(27,28)18-12-8-16(9-13-18)23-20(26)15-6-10-17(11-7-15)24(4)5/h6-13,22H,14H2,1-5H3,(H,23,26). The maximum absolute atomic E-state index is 12.4. The molecule has 0 fully saturated rings. The van der Waals surface area contributed by atoms with E-state index < -0.39 is 28.1 Å². The quantitative estimate of drug-likeness (QED) is 0.651. The molecule has 162 valence electrons. The molecule has 9 heteroatoms. The molecule has 0 radical (unpaired) electrons. The van der Waals surface area contributed by atoms with E-state index in [0.717, 1.165) is 5.69 Å². The lowest BCUT2D eigenvalue weighted by Crippen LogP contribution is -2.34. The number of carbonyl (C=O) groups is 2. The molecule has 0 atom stereocenters. The third-order valence-electron chi connectivity index (χ3n) is 3.89. The summed E-state index contributed by atoms with van der Waals surface area (Å²) >= 11 is 0. The van der Waals surface area contributed by atoms with Gasteiger partial charge in [0.25, 0.3) is 5.91 Å². The summed E-state index contributed by atoms with van der Waals surface area (Å²) in [4.78, 5) is 26.0. The number of hydrogen-bond donors (Lipinski definition) is 2. The van der Waals surface area contributed by atoms with Gasteiger partial charge in [-0.1, -0.05) is 0 Å². The summed E-state index contributed by atoms with van der Waals surface area (Å²) < 4.78 is 32.0. The molecule has 8 nitrogen and oxygen atoms in total. The molecule has 0 aliphatic rings. The average Bonchev–Trinajstić information content (AvgIpc) is 2.65. The molecule has 0 bridgehead atoms. The Bertz CT molecular complexity index is 992. The fourth-order valence-electron chi connectivity index (χ4n) is 2.45. The summed E-state index contributed by atoms with van der Waals surface area (Å²) in [6, 6.07) is 12.8. The fraction of sp³-hybridized carbons (Fsp3) is 0.333. The molecule has 0 saturated heterocycles. The molecule has 0 aliphatic heterocycles. The molecule has 1 amide bonds. The number of nitrogens with zero attached hydrogens (tertiary/aromatic N) is 1. The molecule has 0 unspecified atom stereocenters. The predicted octanol–water partition coefficient (Wildman–Crippen LogP) is 2.62. The number of hydrogen-bond acceptors (Lipinski definition) is 6. The van der Waals surface area contributed by atoms with Crippen LogP contribution in [0, 0.1) is 0 Å². The van der Waals surface area contributed by atoms with Crippen LogP contribution in [0.4, 0.5) is 11.4 Å². The Morgan fingerprint density at radius 1 is 0.967 bits per heavy atom. The van der Waals surface area contributed by atoms with Gasteiger partial charge >= 0.3 is 5.97 Å². The minimum Gasteiger partial charge on any atom is -0.459 e. The van der Waals surface area contributed by atoms with Gasteiger partial charge in [-0.05, 0) is 69.3 Å². The maximum atomic E-state index is 12.4. The highest BCUT2D eigenvalue weighted by Crippen LogP contribution is 2.17. The van der Waals surface area contributed by atoms with Gasteiger partial charge in [0.15, 0.2) is 0 Å². The lowest BCUT2D eigenvalue weighted by atomic mass is 10.2. The number of amides is 1. The summed E-state index contributed by atoms with van der Waals surface area (Å²) in [5.74, 6) is -0.978. The first-order valence-corrected chi connectivity index (χ1v) is 10.8. The number of esters is 1. The SMILES string of the molecule is CN(C)c1ccc(C(=O)Nc2ccc(S(=O)(=O)NCC(=O)OC(C)(C)C)cc2)cc1. The van der Waals surface area contributed by atoms with E-state index in [1.54, 1.807) is 32.9 Å². The Morgan fingerprint density at radius 3 is 2.03 bits per heavy atom. The van der Waals surface area contributed by atoms with Crippen LogP contribution in [0.25, 0.3) is 0 Å². The van der Waals surface area contributed by atoms with Crippen LogP contribution in [0.15, 0.2) is 53.4 Å². The second-order valence-electron chi connectivity index (χ2n) is 7.83. The maximum Gasteiger partial charge on any atom is 0.321 e. The first kappa shape index (κ1) is 23.4. The first-order valence-electron chi connectivity index (χ1n) is 9.28. The van der Waals surface area contributed by atoms with Gasteiger partial charge < -0.3 is 15.0 Å². The van der Waals surface area contributed by atoms with Crippen LogP contribution in [0.1, 0.15) is 31.1 Å². The number of anilines is 2. The molecular weight excluding hydrogens is 406 g/mol. The predicted molar refractivity (Wildman–Crippen MR) is 116 cm³/mol. The van der Waals surface area contributed by atoms with Crippen molar-refractivity contribution < 1.29 is 22.7 Å². The van der Waals surface area contributed by atoms with Crippen LogP contribution in [-0.4, -0.2) is 46.5 Å². The molecule has 0 aliphatic carbocycles. The van der Waals surface area contributed by atoms with Crippen molar-refractivity contribution in [1.29, 1.82) is 0 Å². The number of carbonyl (C=O) groups excluding carboxylic acids is 2. The molecular formula is C21H27N3O5S. The molecule has 30 heavy (non-hydrogen) atoms. The summed E-state index contributed by atoms with van der Waals surface area (Å²) in [7, 11) is -0.0699. The van der Waals surface area contributed by atoms with Gasteiger partial charge in [-0.15, -0.1) is 0 Å². The van der Waals surface area contributed by atoms with E-state index in [1.165, 1.54) is 24.3 Å². The summed E-state index contributed by atoms with van der Waals surface area (Å²) in [5, 5.41) is 2.72.